The SMILES string of the molecule is CC1(Cc2nc3ccc(-c4cnc(-c5ccc6nc(CC7(C)CC7)[nH]c6c5)cn4)cc3[nH]2)CC1. The Morgan fingerprint density at radius 1 is 0.676 bits per heavy atom. The maximum absolute atomic E-state index is 4.78. The van der Waals surface area contributed by atoms with Crippen LogP contribution in [0.1, 0.15) is 51.2 Å². The van der Waals surface area contributed by atoms with Gasteiger partial charge in [0.1, 0.15) is 11.6 Å². The van der Waals surface area contributed by atoms with E-state index < -0.39 is 0 Å². The highest BCUT2D eigenvalue weighted by Gasteiger charge is 2.38. The van der Waals surface area contributed by atoms with Crippen LogP contribution >= 0.6 is 0 Å². The van der Waals surface area contributed by atoms with Crippen LogP contribution in [0.15, 0.2) is 48.8 Å². The summed E-state index contributed by atoms with van der Waals surface area (Å²) in [5.41, 5.74) is 8.82. The second kappa shape index (κ2) is 6.98. The van der Waals surface area contributed by atoms with Gasteiger partial charge in [-0.2, -0.15) is 0 Å². The maximum Gasteiger partial charge on any atom is 0.107 e. The summed E-state index contributed by atoms with van der Waals surface area (Å²) in [4.78, 5) is 26.0. The standard InChI is InChI=1S/C28H28N6/c1-27(7-8-27)13-25-31-19-5-3-17(11-21(19)33-25)23-15-30-24(16-29-23)18-4-6-20-22(12-18)34-26(32-20)14-28(2)9-10-28/h3-6,11-12,15-16H,7-10,13-14H2,1-2H3,(H,31,33)(H,32,34). The average molecular weight is 449 g/mol. The van der Waals surface area contributed by atoms with Crippen LogP contribution in [-0.2, 0) is 12.8 Å². The molecule has 3 heterocycles. The molecule has 170 valence electrons. The molecule has 0 aliphatic heterocycles. The van der Waals surface area contributed by atoms with Gasteiger partial charge in [-0.25, -0.2) is 9.97 Å². The molecular weight excluding hydrogens is 420 g/mol. The Hall–Kier alpha value is -3.54. The molecule has 2 fully saturated rings. The summed E-state index contributed by atoms with van der Waals surface area (Å²) in [6.45, 7) is 4.67. The van der Waals surface area contributed by atoms with E-state index in [1.54, 1.807) is 0 Å². The molecule has 0 atom stereocenters. The third-order valence-corrected chi connectivity index (χ3v) is 7.70. The van der Waals surface area contributed by atoms with E-state index in [9.17, 15) is 0 Å². The summed E-state index contributed by atoms with van der Waals surface area (Å²) in [6, 6.07) is 12.6. The van der Waals surface area contributed by atoms with E-state index in [-0.39, 0.29) is 0 Å². The van der Waals surface area contributed by atoms with E-state index in [4.69, 9.17) is 19.9 Å². The minimum atomic E-state index is 0.439. The van der Waals surface area contributed by atoms with Gasteiger partial charge in [0.05, 0.1) is 45.8 Å². The highest BCUT2D eigenvalue weighted by atomic mass is 14.9. The highest BCUT2D eigenvalue weighted by Crippen LogP contribution is 2.48. The van der Waals surface area contributed by atoms with Crippen LogP contribution in [0.3, 0.4) is 0 Å². The van der Waals surface area contributed by atoms with Crippen molar-refractivity contribution in [1.29, 1.82) is 0 Å². The molecule has 2 saturated carbocycles. The largest absolute Gasteiger partial charge is 0.342 e. The molecule has 6 nitrogen and oxygen atoms in total. The molecule has 0 bridgehead atoms. The molecule has 5 aromatic rings. The lowest BCUT2D eigenvalue weighted by Gasteiger charge is -2.04. The predicted octanol–water partition coefficient (Wildman–Crippen LogP) is 6.25. The summed E-state index contributed by atoms with van der Waals surface area (Å²) < 4.78 is 0. The summed E-state index contributed by atoms with van der Waals surface area (Å²) in [7, 11) is 0. The molecule has 0 spiro atoms. The fourth-order valence-electron chi connectivity index (χ4n) is 4.83. The van der Waals surface area contributed by atoms with Crippen molar-refractivity contribution in [2.45, 2.75) is 52.4 Å². The van der Waals surface area contributed by atoms with Crippen LogP contribution in [0.5, 0.6) is 0 Å². The molecule has 0 radical (unpaired) electrons. The van der Waals surface area contributed by atoms with Gasteiger partial charge >= 0.3 is 0 Å². The molecule has 0 unspecified atom stereocenters. The van der Waals surface area contributed by atoms with Gasteiger partial charge in [0.25, 0.3) is 0 Å². The third-order valence-electron chi connectivity index (χ3n) is 7.70. The van der Waals surface area contributed by atoms with Crippen molar-refractivity contribution in [3.8, 4) is 22.5 Å². The Balaban J connectivity index is 1.14. The number of nitrogens with zero attached hydrogens (tertiary/aromatic N) is 4. The Morgan fingerprint density at radius 2 is 1.12 bits per heavy atom. The average Bonchev–Trinajstić information content (AvgIpc) is 3.63. The van der Waals surface area contributed by atoms with E-state index in [2.05, 4.69) is 60.2 Å². The zero-order valence-corrected chi connectivity index (χ0v) is 19.7. The summed E-state index contributed by atoms with van der Waals surface area (Å²) in [5.74, 6) is 2.16. The van der Waals surface area contributed by atoms with E-state index >= 15 is 0 Å². The molecule has 2 aliphatic rings. The monoisotopic (exact) mass is 448 g/mol. The van der Waals surface area contributed by atoms with Gasteiger partial charge in [-0.15, -0.1) is 0 Å². The first-order valence-electron chi connectivity index (χ1n) is 12.2. The molecule has 0 saturated heterocycles. The zero-order valence-electron chi connectivity index (χ0n) is 19.7. The molecule has 2 aromatic carbocycles. The van der Waals surface area contributed by atoms with Crippen molar-refractivity contribution >= 4 is 22.1 Å². The van der Waals surface area contributed by atoms with Crippen molar-refractivity contribution in [2.24, 2.45) is 10.8 Å². The highest BCUT2D eigenvalue weighted by molar-refractivity contribution is 5.82. The van der Waals surface area contributed by atoms with E-state index in [1.165, 1.54) is 25.7 Å². The van der Waals surface area contributed by atoms with Gasteiger partial charge in [0, 0.05) is 24.0 Å². The minimum Gasteiger partial charge on any atom is -0.342 e. The first kappa shape index (κ1) is 19.9. The van der Waals surface area contributed by atoms with E-state index in [0.717, 1.165) is 69.1 Å². The first-order chi connectivity index (χ1) is 16.4. The van der Waals surface area contributed by atoms with Crippen LogP contribution < -0.4 is 0 Å². The zero-order chi connectivity index (χ0) is 22.9. The van der Waals surface area contributed by atoms with E-state index in [1.807, 2.05) is 12.4 Å². The fourth-order valence-corrected chi connectivity index (χ4v) is 4.83. The number of benzene rings is 2. The third kappa shape index (κ3) is 3.67. The second-order valence-corrected chi connectivity index (χ2v) is 11.1. The number of hydrogen-bond acceptors (Lipinski definition) is 4. The van der Waals surface area contributed by atoms with Crippen molar-refractivity contribution in [1.82, 2.24) is 29.9 Å². The number of aromatic amines is 2. The molecule has 2 N–H and O–H groups in total. The number of nitrogens with one attached hydrogen (secondary N) is 2. The van der Waals surface area contributed by atoms with Gasteiger partial charge in [0.2, 0.25) is 0 Å². The lowest BCUT2D eigenvalue weighted by Crippen LogP contribution is -2.00. The Bertz CT molecular complexity index is 1420. The van der Waals surface area contributed by atoms with Gasteiger partial charge in [-0.3, -0.25) is 9.97 Å². The van der Waals surface area contributed by atoms with Crippen LogP contribution in [0.25, 0.3) is 44.6 Å². The second-order valence-electron chi connectivity index (χ2n) is 11.1. The van der Waals surface area contributed by atoms with Crippen molar-refractivity contribution in [3.05, 3.63) is 60.4 Å². The minimum absolute atomic E-state index is 0.439. The topological polar surface area (TPSA) is 83.1 Å². The molecular formula is C28H28N6. The van der Waals surface area contributed by atoms with Crippen molar-refractivity contribution < 1.29 is 0 Å². The molecule has 2 aliphatic carbocycles. The lowest BCUT2D eigenvalue weighted by molar-refractivity contribution is 0.554. The molecule has 3 aromatic heterocycles. The lowest BCUT2D eigenvalue weighted by atomic mass is 10.1. The predicted molar refractivity (Wildman–Crippen MR) is 134 cm³/mol. The van der Waals surface area contributed by atoms with Gasteiger partial charge in [-0.1, -0.05) is 26.0 Å². The Labute approximate surface area is 198 Å². The summed E-state index contributed by atoms with van der Waals surface area (Å²) in [6.07, 6.45) is 10.9. The van der Waals surface area contributed by atoms with Gasteiger partial charge < -0.3 is 9.97 Å². The Morgan fingerprint density at radius 3 is 1.50 bits per heavy atom. The number of aromatic nitrogens is 6. The number of H-pyrrole nitrogens is 2. The number of imidazole rings is 2. The van der Waals surface area contributed by atoms with Gasteiger partial charge in [0.15, 0.2) is 0 Å². The van der Waals surface area contributed by atoms with E-state index in [0.29, 0.717) is 10.8 Å². The first-order valence-corrected chi connectivity index (χ1v) is 12.2. The molecule has 0 amide bonds. The molecule has 7 rings (SSSR count). The number of hydrogen-bond donors (Lipinski definition) is 2. The van der Waals surface area contributed by atoms with Crippen LogP contribution in [-0.4, -0.2) is 29.9 Å². The normalized spacial score (nSPS) is 17.9. The summed E-state index contributed by atoms with van der Waals surface area (Å²) >= 11 is 0. The van der Waals surface area contributed by atoms with Crippen LogP contribution in [0.2, 0.25) is 0 Å². The van der Waals surface area contributed by atoms with Crippen molar-refractivity contribution in [2.75, 3.05) is 0 Å². The smallest absolute Gasteiger partial charge is 0.107 e. The van der Waals surface area contributed by atoms with Gasteiger partial charge in [-0.05, 0) is 60.8 Å². The number of fused-ring (bicyclic) bond motifs is 2. The molecule has 34 heavy (non-hydrogen) atoms. The van der Waals surface area contributed by atoms with Crippen LogP contribution in [0, 0.1) is 10.8 Å². The molecule has 6 heteroatoms. The summed E-state index contributed by atoms with van der Waals surface area (Å²) in [5, 5.41) is 0. The maximum atomic E-state index is 4.78. The fraction of sp³-hybridized carbons (Fsp3) is 0.357. The Kier molecular flexibility index (Phi) is 4.08. The number of rotatable bonds is 6. The van der Waals surface area contributed by atoms with Crippen molar-refractivity contribution in [3.63, 3.8) is 0 Å². The quantitative estimate of drug-likeness (QED) is 0.322. The van der Waals surface area contributed by atoms with Crippen LogP contribution in [0.4, 0.5) is 0 Å².